The summed E-state index contributed by atoms with van der Waals surface area (Å²) in [6, 6.07) is 18.9. The minimum absolute atomic E-state index is 0.121. The van der Waals surface area contributed by atoms with E-state index < -0.39 is 6.17 Å². The molecule has 1 aromatic heterocycles. The smallest absolute Gasteiger partial charge is 0.228 e. The third-order valence-corrected chi connectivity index (χ3v) is 5.62. The number of anilines is 4. The molecule has 7 nitrogen and oxygen atoms in total. The van der Waals surface area contributed by atoms with Gasteiger partial charge in [-0.1, -0.05) is 59.6 Å². The second-order valence-electron chi connectivity index (χ2n) is 6.54. The van der Waals surface area contributed by atoms with Crippen LogP contribution in [0.15, 0.2) is 65.3 Å². The predicted octanol–water partition coefficient (Wildman–Crippen LogP) is 5.08. The van der Waals surface area contributed by atoms with E-state index in [-0.39, 0.29) is 5.84 Å². The van der Waals surface area contributed by atoms with Crippen LogP contribution in [0.2, 0.25) is 10.0 Å². The molecule has 3 N–H and O–H groups in total. The van der Waals surface area contributed by atoms with Crippen molar-refractivity contribution in [1.82, 2.24) is 10.3 Å². The van der Waals surface area contributed by atoms with Gasteiger partial charge in [-0.15, -0.1) is 0 Å². The molecule has 144 valence electrons. The highest BCUT2D eigenvalue weighted by Crippen LogP contribution is 2.43. The molecule has 9 heteroatoms. The van der Waals surface area contributed by atoms with Crippen LogP contribution in [0.1, 0.15) is 0 Å². The fourth-order valence-electron chi connectivity index (χ4n) is 3.54. The van der Waals surface area contributed by atoms with E-state index in [1.165, 1.54) is 0 Å². The molecule has 0 amide bonds. The highest BCUT2D eigenvalue weighted by molar-refractivity contribution is 6.42. The quantitative estimate of drug-likeness (QED) is 0.465. The zero-order valence-corrected chi connectivity index (χ0v) is 16.4. The maximum Gasteiger partial charge on any atom is 0.228 e. The molecule has 0 saturated heterocycles. The van der Waals surface area contributed by atoms with Crippen LogP contribution < -0.4 is 15.5 Å². The molecule has 0 aliphatic carbocycles. The molecule has 1 aliphatic rings. The fraction of sp³-hybridized carbons (Fsp3) is 0.0500. The summed E-state index contributed by atoms with van der Waals surface area (Å²) in [5.41, 5.74) is 7.87. The molecule has 29 heavy (non-hydrogen) atoms. The Balaban J connectivity index is 1.70. The molecule has 2 heterocycles. The number of benzene rings is 3. The zero-order valence-electron chi connectivity index (χ0n) is 14.9. The molecule has 1 unspecified atom stereocenters. The molecule has 4 aromatic rings. The third-order valence-electron chi connectivity index (χ3n) is 4.88. The lowest BCUT2D eigenvalue weighted by Crippen LogP contribution is -2.54. The van der Waals surface area contributed by atoms with Crippen molar-refractivity contribution in [2.75, 3.05) is 9.80 Å². The molecule has 5 rings (SSSR count). The van der Waals surface area contributed by atoms with Gasteiger partial charge in [0.1, 0.15) is 12.0 Å². The Kier molecular flexibility index (Phi) is 4.16. The predicted molar refractivity (Wildman–Crippen MR) is 115 cm³/mol. The Bertz CT molecular complexity index is 1250. The third kappa shape index (κ3) is 2.74. The number of rotatable bonds is 2. The van der Waals surface area contributed by atoms with Gasteiger partial charge in [-0.25, -0.2) is 4.63 Å². The Morgan fingerprint density at radius 1 is 0.931 bits per heavy atom. The van der Waals surface area contributed by atoms with Crippen LogP contribution in [-0.4, -0.2) is 22.3 Å². The molecule has 0 spiro atoms. The summed E-state index contributed by atoms with van der Waals surface area (Å²) < 4.78 is 5.04. The van der Waals surface area contributed by atoms with Gasteiger partial charge < -0.3 is 5.73 Å². The van der Waals surface area contributed by atoms with Crippen LogP contribution in [0.25, 0.3) is 10.8 Å². The van der Waals surface area contributed by atoms with Crippen molar-refractivity contribution in [3.8, 4) is 0 Å². The highest BCUT2D eigenvalue weighted by atomic mass is 35.5. The number of nitrogens with two attached hydrogens (primary N) is 1. The van der Waals surface area contributed by atoms with Gasteiger partial charge in [-0.2, -0.15) is 0 Å². The van der Waals surface area contributed by atoms with Gasteiger partial charge in [0.05, 0.1) is 15.7 Å². The van der Waals surface area contributed by atoms with Crippen LogP contribution in [-0.2, 0) is 0 Å². The topological polar surface area (TPSA) is 95.3 Å². The zero-order chi connectivity index (χ0) is 20.1. The van der Waals surface area contributed by atoms with E-state index in [4.69, 9.17) is 39.0 Å². The fourth-order valence-corrected chi connectivity index (χ4v) is 3.83. The summed E-state index contributed by atoms with van der Waals surface area (Å²) in [4.78, 5) is 3.31. The highest BCUT2D eigenvalue weighted by Gasteiger charge is 2.40. The molecule has 0 bridgehead atoms. The Labute approximate surface area is 175 Å². The van der Waals surface area contributed by atoms with Gasteiger partial charge in [0.2, 0.25) is 11.6 Å². The van der Waals surface area contributed by atoms with E-state index in [1.54, 1.807) is 28.0 Å². The van der Waals surface area contributed by atoms with Gasteiger partial charge in [-0.05, 0) is 40.0 Å². The Morgan fingerprint density at radius 3 is 2.52 bits per heavy atom. The lowest BCUT2D eigenvalue weighted by atomic mass is 10.1. The van der Waals surface area contributed by atoms with Gasteiger partial charge in [0, 0.05) is 11.1 Å². The summed E-state index contributed by atoms with van der Waals surface area (Å²) >= 11 is 12.2. The average Bonchev–Trinajstić information content (AvgIpc) is 3.20. The molecular weight excluding hydrogens is 411 g/mol. The molecular formula is C20H14Cl2N6O. The number of nitrogens with one attached hydrogen (secondary N) is 1. The van der Waals surface area contributed by atoms with E-state index in [9.17, 15) is 0 Å². The van der Waals surface area contributed by atoms with Crippen molar-refractivity contribution in [3.63, 3.8) is 0 Å². The summed E-state index contributed by atoms with van der Waals surface area (Å²) in [6.45, 7) is 0. The molecule has 1 atom stereocenters. The van der Waals surface area contributed by atoms with Gasteiger partial charge in [-0.3, -0.25) is 15.2 Å². The monoisotopic (exact) mass is 424 g/mol. The minimum atomic E-state index is -0.842. The van der Waals surface area contributed by atoms with Crippen molar-refractivity contribution < 1.29 is 4.63 Å². The summed E-state index contributed by atoms with van der Waals surface area (Å²) in [6.07, 6.45) is -0.842. The van der Waals surface area contributed by atoms with Gasteiger partial charge >= 0.3 is 0 Å². The Morgan fingerprint density at radius 2 is 1.69 bits per heavy atom. The second kappa shape index (κ2) is 6.73. The minimum Gasteiger partial charge on any atom is -0.305 e. The Hall–Kier alpha value is -3.13. The normalized spacial score (nSPS) is 16.4. The van der Waals surface area contributed by atoms with Crippen LogP contribution in [0, 0.1) is 5.41 Å². The maximum absolute atomic E-state index is 8.80. The number of aromatic nitrogens is 2. The van der Waals surface area contributed by atoms with Crippen LogP contribution in [0.3, 0.4) is 0 Å². The van der Waals surface area contributed by atoms with Crippen molar-refractivity contribution in [2.45, 2.75) is 6.17 Å². The van der Waals surface area contributed by atoms with E-state index in [1.807, 2.05) is 42.5 Å². The first-order valence-electron chi connectivity index (χ1n) is 8.75. The average molecular weight is 425 g/mol. The molecule has 0 saturated carbocycles. The maximum atomic E-state index is 8.80. The number of halogens is 2. The lowest BCUT2D eigenvalue weighted by Gasteiger charge is -2.39. The van der Waals surface area contributed by atoms with Gasteiger partial charge in [0.25, 0.3) is 0 Å². The number of amidine groups is 1. The van der Waals surface area contributed by atoms with Crippen LogP contribution in [0.5, 0.6) is 0 Å². The number of hydrogen-bond donors (Lipinski definition) is 2. The largest absolute Gasteiger partial charge is 0.305 e. The number of hydrogen-bond acceptors (Lipinski definition) is 6. The van der Waals surface area contributed by atoms with Crippen molar-refractivity contribution in [1.29, 1.82) is 5.41 Å². The second-order valence-corrected chi connectivity index (χ2v) is 7.36. The van der Waals surface area contributed by atoms with Crippen molar-refractivity contribution >= 4 is 62.8 Å². The first-order valence-corrected chi connectivity index (χ1v) is 9.50. The van der Waals surface area contributed by atoms with Gasteiger partial charge in [0.15, 0.2) is 0 Å². The van der Waals surface area contributed by atoms with Crippen molar-refractivity contribution in [3.05, 3.63) is 70.7 Å². The standard InChI is InChI=1S/C20H14Cl2N6O/c21-14-9-8-12(10-15(14)22)27-17(23)18(24)28(20-19(27)25-29-26-20)16-7-3-5-11-4-1-2-6-13(11)16/h1-10,17,24H,23H2. The van der Waals surface area contributed by atoms with E-state index >= 15 is 0 Å². The van der Waals surface area contributed by atoms with Crippen molar-refractivity contribution in [2.24, 2.45) is 5.73 Å². The first-order chi connectivity index (χ1) is 14.1. The van der Waals surface area contributed by atoms with Crippen LogP contribution in [0.4, 0.5) is 23.0 Å². The first kappa shape index (κ1) is 17.9. The van der Waals surface area contributed by atoms with E-state index in [2.05, 4.69) is 10.3 Å². The van der Waals surface area contributed by atoms with E-state index in [0.717, 1.165) is 16.5 Å². The molecule has 1 aliphatic heterocycles. The molecule has 3 aromatic carbocycles. The summed E-state index contributed by atoms with van der Waals surface area (Å²) in [5.74, 6) is 0.884. The summed E-state index contributed by atoms with van der Waals surface area (Å²) in [5, 5.41) is 19.7. The lowest BCUT2D eigenvalue weighted by molar-refractivity contribution is 0.309. The molecule has 0 fully saturated rings. The summed E-state index contributed by atoms with van der Waals surface area (Å²) in [7, 11) is 0. The number of nitrogens with zero attached hydrogens (tertiary/aromatic N) is 4. The number of fused-ring (bicyclic) bond motifs is 2. The SMILES string of the molecule is N=C1C(N)N(c2ccc(Cl)c(Cl)c2)c2nonc2N1c1cccc2ccccc12. The van der Waals surface area contributed by atoms with Crippen LogP contribution >= 0.6 is 23.2 Å². The van der Waals surface area contributed by atoms with E-state index in [0.29, 0.717) is 27.4 Å². The molecule has 0 radical (unpaired) electrons.